The Morgan fingerprint density at radius 3 is 2.91 bits per heavy atom. The molecule has 2 atom stereocenters. The summed E-state index contributed by atoms with van der Waals surface area (Å²) in [6.45, 7) is 8.45. The molecular weight excluding hydrogens is 132 g/mol. The Morgan fingerprint density at radius 1 is 1.73 bits per heavy atom. The quantitative estimate of drug-likeness (QED) is 0.528. The van der Waals surface area contributed by atoms with E-state index >= 15 is 0 Å². The Labute approximate surface area is 70.0 Å². The monoisotopic (exact) mass is 150 g/mol. The molecule has 0 heteroatoms. The topological polar surface area (TPSA) is 0 Å². The summed E-state index contributed by atoms with van der Waals surface area (Å²) in [5, 5.41) is 0. The second-order valence-electron chi connectivity index (χ2n) is 3.66. The smallest absolute Gasteiger partial charge is 0.00582 e. The fourth-order valence-electron chi connectivity index (χ4n) is 1.96. The molecule has 2 unspecified atom stereocenters. The van der Waals surface area contributed by atoms with Crippen LogP contribution < -0.4 is 0 Å². The summed E-state index contributed by atoms with van der Waals surface area (Å²) in [7, 11) is 0. The van der Waals surface area contributed by atoms with Crippen LogP contribution >= 0.6 is 0 Å². The van der Waals surface area contributed by atoms with E-state index in [9.17, 15) is 0 Å². The van der Waals surface area contributed by atoms with Crippen molar-refractivity contribution in [3.8, 4) is 0 Å². The highest BCUT2D eigenvalue weighted by Gasteiger charge is 2.28. The van der Waals surface area contributed by atoms with Gasteiger partial charge in [-0.2, -0.15) is 0 Å². The summed E-state index contributed by atoms with van der Waals surface area (Å²) in [5.41, 5.74) is 0.271. The van der Waals surface area contributed by atoms with Crippen LogP contribution in [0, 0.1) is 11.3 Å². The van der Waals surface area contributed by atoms with E-state index < -0.39 is 0 Å². The molecular formula is C11H18. The highest BCUT2D eigenvalue weighted by molar-refractivity contribution is 5.12. The first kappa shape index (κ1) is 8.58. The third-order valence-corrected chi connectivity index (χ3v) is 2.97. The van der Waals surface area contributed by atoms with Gasteiger partial charge in [0, 0.05) is 5.41 Å². The molecule has 0 nitrogen and oxygen atoms in total. The van der Waals surface area contributed by atoms with E-state index in [2.05, 4.69) is 38.7 Å². The zero-order valence-electron chi connectivity index (χ0n) is 7.64. The molecule has 0 aliphatic heterocycles. The van der Waals surface area contributed by atoms with Gasteiger partial charge in [-0.1, -0.05) is 38.5 Å². The maximum atomic E-state index is 3.90. The first-order valence-corrected chi connectivity index (χ1v) is 4.54. The van der Waals surface area contributed by atoms with E-state index in [1.807, 2.05) is 0 Å². The van der Waals surface area contributed by atoms with Crippen LogP contribution in [0.15, 0.2) is 24.8 Å². The van der Waals surface area contributed by atoms with Crippen molar-refractivity contribution in [3.63, 3.8) is 0 Å². The lowest BCUT2D eigenvalue weighted by atomic mass is 9.70. The molecule has 0 saturated carbocycles. The van der Waals surface area contributed by atoms with Gasteiger partial charge >= 0.3 is 0 Å². The molecule has 0 spiro atoms. The van der Waals surface area contributed by atoms with E-state index in [0.29, 0.717) is 0 Å². The van der Waals surface area contributed by atoms with E-state index in [-0.39, 0.29) is 5.41 Å². The molecule has 0 bridgehead atoms. The minimum absolute atomic E-state index is 0.271. The van der Waals surface area contributed by atoms with Crippen LogP contribution in [0.2, 0.25) is 0 Å². The zero-order valence-corrected chi connectivity index (χ0v) is 7.64. The van der Waals surface area contributed by atoms with Crippen molar-refractivity contribution < 1.29 is 0 Å². The van der Waals surface area contributed by atoms with Gasteiger partial charge in [0.15, 0.2) is 0 Å². The predicted molar refractivity (Wildman–Crippen MR) is 50.5 cm³/mol. The summed E-state index contributed by atoms with van der Waals surface area (Å²) in [6.07, 6.45) is 10.5. The largest absolute Gasteiger partial charge is 0.102 e. The van der Waals surface area contributed by atoms with Gasteiger partial charge in [0.1, 0.15) is 0 Å². The van der Waals surface area contributed by atoms with Crippen molar-refractivity contribution in [2.24, 2.45) is 11.3 Å². The molecule has 0 N–H and O–H groups in total. The summed E-state index contributed by atoms with van der Waals surface area (Å²) in [4.78, 5) is 0. The molecule has 1 rings (SSSR count). The normalized spacial score (nSPS) is 37.1. The average Bonchev–Trinajstić information content (AvgIpc) is 2.05. The van der Waals surface area contributed by atoms with Crippen molar-refractivity contribution in [1.82, 2.24) is 0 Å². The Morgan fingerprint density at radius 2 is 2.45 bits per heavy atom. The number of rotatable bonds is 2. The molecule has 0 fully saturated rings. The molecule has 1 aliphatic rings. The van der Waals surface area contributed by atoms with Crippen molar-refractivity contribution in [2.45, 2.75) is 33.1 Å². The van der Waals surface area contributed by atoms with Crippen molar-refractivity contribution >= 4 is 0 Å². The molecule has 0 aromatic heterocycles. The second-order valence-corrected chi connectivity index (χ2v) is 3.66. The maximum absolute atomic E-state index is 3.90. The summed E-state index contributed by atoms with van der Waals surface area (Å²) in [5.74, 6) is 0.810. The van der Waals surface area contributed by atoms with Crippen LogP contribution in [-0.4, -0.2) is 0 Å². The van der Waals surface area contributed by atoms with Crippen LogP contribution in [0.5, 0.6) is 0 Å². The van der Waals surface area contributed by atoms with Crippen molar-refractivity contribution in [1.29, 1.82) is 0 Å². The van der Waals surface area contributed by atoms with Crippen molar-refractivity contribution in [2.75, 3.05) is 0 Å². The number of allylic oxidation sites excluding steroid dienone is 3. The first-order valence-electron chi connectivity index (χ1n) is 4.54. The summed E-state index contributed by atoms with van der Waals surface area (Å²) in [6, 6.07) is 0. The summed E-state index contributed by atoms with van der Waals surface area (Å²) >= 11 is 0. The Kier molecular flexibility index (Phi) is 2.53. The second kappa shape index (κ2) is 3.25. The molecule has 0 heterocycles. The summed E-state index contributed by atoms with van der Waals surface area (Å²) < 4.78 is 0. The zero-order chi connectivity index (χ0) is 8.32. The minimum Gasteiger partial charge on any atom is -0.102 e. The lowest BCUT2D eigenvalue weighted by Crippen LogP contribution is -2.24. The molecule has 0 amide bonds. The van der Waals surface area contributed by atoms with Gasteiger partial charge in [0.2, 0.25) is 0 Å². The lowest BCUT2D eigenvalue weighted by Gasteiger charge is -2.34. The van der Waals surface area contributed by atoms with E-state index in [1.165, 1.54) is 19.3 Å². The van der Waals surface area contributed by atoms with Crippen LogP contribution in [0.1, 0.15) is 33.1 Å². The van der Waals surface area contributed by atoms with Crippen LogP contribution in [0.25, 0.3) is 0 Å². The molecule has 0 radical (unpaired) electrons. The predicted octanol–water partition coefficient (Wildman–Crippen LogP) is 3.55. The Hall–Kier alpha value is -0.520. The number of hydrogen-bond acceptors (Lipinski definition) is 0. The minimum atomic E-state index is 0.271. The fourth-order valence-corrected chi connectivity index (χ4v) is 1.96. The van der Waals surface area contributed by atoms with Gasteiger partial charge in [-0.25, -0.2) is 0 Å². The van der Waals surface area contributed by atoms with Gasteiger partial charge in [-0.05, 0) is 18.8 Å². The van der Waals surface area contributed by atoms with Crippen molar-refractivity contribution in [3.05, 3.63) is 24.8 Å². The van der Waals surface area contributed by atoms with Gasteiger partial charge in [0.25, 0.3) is 0 Å². The van der Waals surface area contributed by atoms with Crippen LogP contribution in [0.4, 0.5) is 0 Å². The molecule has 1 aliphatic carbocycles. The van der Waals surface area contributed by atoms with Gasteiger partial charge < -0.3 is 0 Å². The van der Waals surface area contributed by atoms with E-state index in [4.69, 9.17) is 0 Å². The van der Waals surface area contributed by atoms with Gasteiger partial charge in [-0.15, -0.1) is 6.58 Å². The molecule has 0 aromatic rings. The Bertz CT molecular complexity index is 167. The molecule has 0 aromatic carbocycles. The SMILES string of the molecule is C=CC1(C)C=CCCC1CC. The first-order chi connectivity index (χ1) is 5.23. The highest BCUT2D eigenvalue weighted by atomic mass is 14.3. The standard InChI is InChI=1S/C11H18/c1-4-10-8-6-7-9-11(10,3)5-2/h5,7,9-10H,2,4,6,8H2,1,3H3. The molecule has 0 saturated heterocycles. The van der Waals surface area contributed by atoms with Gasteiger partial charge in [0.05, 0.1) is 0 Å². The average molecular weight is 150 g/mol. The third kappa shape index (κ3) is 1.55. The number of hydrogen-bond donors (Lipinski definition) is 0. The fraction of sp³-hybridized carbons (Fsp3) is 0.636. The maximum Gasteiger partial charge on any atom is 0.00582 e. The molecule has 11 heavy (non-hydrogen) atoms. The molecule has 62 valence electrons. The van der Waals surface area contributed by atoms with Gasteiger partial charge in [-0.3, -0.25) is 0 Å². The lowest BCUT2D eigenvalue weighted by molar-refractivity contribution is 0.283. The van der Waals surface area contributed by atoms with Crippen LogP contribution in [0.3, 0.4) is 0 Å². The highest BCUT2D eigenvalue weighted by Crippen LogP contribution is 2.39. The van der Waals surface area contributed by atoms with Crippen LogP contribution in [-0.2, 0) is 0 Å². The Balaban J connectivity index is 2.79. The van der Waals surface area contributed by atoms with E-state index in [0.717, 1.165) is 5.92 Å². The van der Waals surface area contributed by atoms with E-state index in [1.54, 1.807) is 0 Å². The third-order valence-electron chi connectivity index (χ3n) is 2.97.